The number of anilines is 1. The number of benzene rings is 3. The Morgan fingerprint density at radius 1 is 1.10 bits per heavy atom. The average Bonchev–Trinajstić information content (AvgIpc) is 3.42. The molecule has 1 amide bonds. The molecular weight excluding hydrogens is 527 g/mol. The van der Waals surface area contributed by atoms with Crippen molar-refractivity contribution >= 4 is 34.5 Å². The number of aromatic hydroxyl groups is 1. The van der Waals surface area contributed by atoms with Gasteiger partial charge in [0.25, 0.3) is 5.91 Å². The molecule has 6 rings (SSSR count). The van der Waals surface area contributed by atoms with Gasteiger partial charge < -0.3 is 19.5 Å². The van der Waals surface area contributed by atoms with E-state index >= 15 is 0 Å². The fourth-order valence-electron chi connectivity index (χ4n) is 5.79. The Morgan fingerprint density at radius 2 is 1.93 bits per heavy atom. The predicted octanol–water partition coefficient (Wildman–Crippen LogP) is 6.02. The summed E-state index contributed by atoms with van der Waals surface area (Å²) < 4.78 is 24.7. The van der Waals surface area contributed by atoms with Gasteiger partial charge in [0.2, 0.25) is 0 Å². The van der Waals surface area contributed by atoms with Crippen molar-refractivity contribution in [2.24, 2.45) is 0 Å². The number of alkyl halides is 1. The normalized spacial score (nSPS) is 18.9. The zero-order valence-electron chi connectivity index (χ0n) is 22.6. The van der Waals surface area contributed by atoms with E-state index in [4.69, 9.17) is 9.47 Å². The molecule has 3 heterocycles. The Morgan fingerprint density at radius 3 is 2.73 bits per heavy atom. The van der Waals surface area contributed by atoms with E-state index in [0.717, 1.165) is 70.4 Å². The van der Waals surface area contributed by atoms with Crippen LogP contribution >= 0.6 is 11.8 Å². The molecule has 0 unspecified atom stereocenters. The molecule has 6 nitrogen and oxygen atoms in total. The smallest absolute Gasteiger partial charge is 0.265 e. The summed E-state index contributed by atoms with van der Waals surface area (Å²) in [5.74, 6) is 2.49. The minimum atomic E-state index is -0.280. The fourth-order valence-corrected chi connectivity index (χ4v) is 6.93. The van der Waals surface area contributed by atoms with Crippen LogP contribution < -0.4 is 14.4 Å². The van der Waals surface area contributed by atoms with Gasteiger partial charge in [0.05, 0.1) is 12.4 Å². The number of fused-ring (bicyclic) bond motifs is 2. The molecule has 3 aliphatic rings. The third-order valence-electron chi connectivity index (χ3n) is 7.76. The van der Waals surface area contributed by atoms with Crippen molar-refractivity contribution in [3.8, 4) is 17.2 Å². The molecule has 208 valence electrons. The first kappa shape index (κ1) is 26.7. The number of amides is 1. The van der Waals surface area contributed by atoms with Gasteiger partial charge in [0, 0.05) is 36.8 Å². The van der Waals surface area contributed by atoms with Crippen molar-refractivity contribution in [3.63, 3.8) is 0 Å². The van der Waals surface area contributed by atoms with Crippen molar-refractivity contribution in [2.75, 3.05) is 50.1 Å². The molecule has 3 aromatic carbocycles. The van der Waals surface area contributed by atoms with Crippen LogP contribution in [0.5, 0.6) is 17.2 Å². The summed E-state index contributed by atoms with van der Waals surface area (Å²) in [7, 11) is 0. The van der Waals surface area contributed by atoms with E-state index in [9.17, 15) is 14.3 Å². The van der Waals surface area contributed by atoms with Gasteiger partial charge in [-0.1, -0.05) is 18.2 Å². The number of hydrogen-bond acceptors (Lipinski definition) is 6. The number of rotatable bonds is 8. The maximum absolute atomic E-state index is 12.6. The van der Waals surface area contributed by atoms with Crippen molar-refractivity contribution in [3.05, 3.63) is 77.4 Å². The van der Waals surface area contributed by atoms with Crippen LogP contribution in [-0.2, 0) is 4.79 Å². The highest BCUT2D eigenvalue weighted by atomic mass is 32.2. The molecule has 0 saturated carbocycles. The Labute approximate surface area is 238 Å². The molecule has 0 radical (unpaired) electrons. The second-order valence-corrected chi connectivity index (χ2v) is 11.3. The van der Waals surface area contributed by atoms with E-state index in [2.05, 4.69) is 23.1 Å². The molecule has 8 heteroatoms. The average molecular weight is 561 g/mol. The summed E-state index contributed by atoms with van der Waals surface area (Å²) in [6, 6.07) is 19.8. The molecule has 40 heavy (non-hydrogen) atoms. The van der Waals surface area contributed by atoms with E-state index in [0.29, 0.717) is 18.7 Å². The Kier molecular flexibility index (Phi) is 7.71. The molecule has 1 atom stereocenters. The molecule has 0 aromatic heterocycles. The van der Waals surface area contributed by atoms with E-state index in [1.807, 2.05) is 43.3 Å². The van der Waals surface area contributed by atoms with Gasteiger partial charge in [0.1, 0.15) is 23.4 Å². The number of carbonyl (C=O) groups is 1. The first-order valence-electron chi connectivity index (χ1n) is 13.9. The highest BCUT2D eigenvalue weighted by molar-refractivity contribution is 7.99. The van der Waals surface area contributed by atoms with E-state index in [1.54, 1.807) is 22.7 Å². The Balaban J connectivity index is 1.33. The molecular formula is C32H33FN2O4S. The first-order valence-corrected chi connectivity index (χ1v) is 14.8. The number of hydrogen-bond donors (Lipinski definition) is 1. The predicted molar refractivity (Wildman–Crippen MR) is 157 cm³/mol. The molecule has 0 aliphatic carbocycles. The third kappa shape index (κ3) is 5.30. The van der Waals surface area contributed by atoms with Gasteiger partial charge in [-0.2, -0.15) is 0 Å². The van der Waals surface area contributed by atoms with Gasteiger partial charge in [0.15, 0.2) is 6.61 Å². The molecule has 1 fully saturated rings. The third-order valence-corrected chi connectivity index (χ3v) is 8.84. The number of likely N-dealkylation sites (tertiary alicyclic amines) is 1. The zero-order chi connectivity index (χ0) is 27.6. The lowest BCUT2D eigenvalue weighted by molar-refractivity contribution is -0.121. The Hall–Kier alpha value is -3.49. The van der Waals surface area contributed by atoms with Gasteiger partial charge in [-0.05, 0) is 90.1 Å². The standard InChI is InChI=1S/C32H33FN2O4S/c1-2-35-28-11-6-22(16-29(28)38-19-31(35)37)27-20-40-30-17-23(36)7-10-26(30)32(27)21-4-8-24(9-5-21)39-25-12-15-34(18-25)14-3-13-33/h4-11,16-17,25,36H,2-3,12-15,18-20H2,1H3/t25-/m0/s1. The molecule has 1 N–H and O–H groups in total. The van der Waals surface area contributed by atoms with Crippen LogP contribution in [0.15, 0.2) is 65.6 Å². The molecule has 0 bridgehead atoms. The van der Waals surface area contributed by atoms with Crippen LogP contribution in [-0.4, -0.2) is 67.2 Å². The zero-order valence-corrected chi connectivity index (χ0v) is 23.4. The van der Waals surface area contributed by atoms with Crippen molar-refractivity contribution in [1.29, 1.82) is 0 Å². The fraction of sp³-hybridized carbons (Fsp3) is 0.344. The lowest BCUT2D eigenvalue weighted by Crippen LogP contribution is -2.38. The number of phenols is 1. The molecule has 3 aliphatic heterocycles. The monoisotopic (exact) mass is 560 g/mol. The van der Waals surface area contributed by atoms with E-state index < -0.39 is 0 Å². The topological polar surface area (TPSA) is 62.2 Å². The maximum atomic E-state index is 12.6. The second kappa shape index (κ2) is 11.6. The lowest BCUT2D eigenvalue weighted by Gasteiger charge is -2.30. The number of phenolic OH excluding ortho intramolecular Hbond substituents is 1. The summed E-state index contributed by atoms with van der Waals surface area (Å²) in [6.07, 6.45) is 1.63. The highest BCUT2D eigenvalue weighted by Crippen LogP contribution is 2.47. The van der Waals surface area contributed by atoms with Crippen LogP contribution in [0.4, 0.5) is 10.1 Å². The SMILES string of the molecule is CCN1C(=O)COc2cc(C3=C(c4ccc(O[C@H]5CCN(CCCF)C5)cc4)c4ccc(O)cc4SC3)ccc21. The van der Waals surface area contributed by atoms with E-state index in [1.165, 1.54) is 5.57 Å². The Bertz CT molecular complexity index is 1440. The van der Waals surface area contributed by atoms with Crippen molar-refractivity contribution in [1.82, 2.24) is 4.90 Å². The number of ether oxygens (including phenoxy) is 2. The molecule has 0 spiro atoms. The number of nitrogens with zero attached hydrogens (tertiary/aromatic N) is 2. The maximum Gasteiger partial charge on any atom is 0.265 e. The minimum absolute atomic E-state index is 0.0306. The van der Waals surface area contributed by atoms with Crippen LogP contribution in [0.2, 0.25) is 0 Å². The number of halogens is 1. The van der Waals surface area contributed by atoms with Gasteiger partial charge in [-0.3, -0.25) is 14.1 Å². The van der Waals surface area contributed by atoms with Gasteiger partial charge in [-0.15, -0.1) is 11.8 Å². The molecule has 1 saturated heterocycles. The first-order chi connectivity index (χ1) is 19.5. The van der Waals surface area contributed by atoms with Crippen LogP contribution in [0, 0.1) is 0 Å². The quantitative estimate of drug-likeness (QED) is 0.364. The summed E-state index contributed by atoms with van der Waals surface area (Å²) in [5.41, 5.74) is 6.26. The minimum Gasteiger partial charge on any atom is -0.508 e. The van der Waals surface area contributed by atoms with E-state index in [-0.39, 0.29) is 31.0 Å². The van der Waals surface area contributed by atoms with Gasteiger partial charge >= 0.3 is 0 Å². The summed E-state index contributed by atoms with van der Waals surface area (Å²) in [5, 5.41) is 10.2. The number of likely N-dealkylation sites (N-methyl/N-ethyl adjacent to an activating group) is 1. The molecule has 3 aromatic rings. The lowest BCUT2D eigenvalue weighted by atomic mass is 9.89. The number of carbonyl (C=O) groups excluding carboxylic acids is 1. The van der Waals surface area contributed by atoms with Crippen LogP contribution in [0.25, 0.3) is 11.1 Å². The van der Waals surface area contributed by atoms with Crippen LogP contribution in [0.1, 0.15) is 36.5 Å². The number of thioether (sulfide) groups is 1. The highest BCUT2D eigenvalue weighted by Gasteiger charge is 2.28. The second-order valence-electron chi connectivity index (χ2n) is 10.3. The van der Waals surface area contributed by atoms with Crippen molar-refractivity contribution < 1.29 is 23.8 Å². The van der Waals surface area contributed by atoms with Crippen LogP contribution in [0.3, 0.4) is 0 Å². The summed E-state index contributed by atoms with van der Waals surface area (Å²) in [4.78, 5) is 17.4. The summed E-state index contributed by atoms with van der Waals surface area (Å²) >= 11 is 1.70. The van der Waals surface area contributed by atoms with Gasteiger partial charge in [-0.25, -0.2) is 0 Å². The largest absolute Gasteiger partial charge is 0.508 e. The summed E-state index contributed by atoms with van der Waals surface area (Å²) in [6.45, 7) is 4.87. The van der Waals surface area contributed by atoms with Crippen molar-refractivity contribution in [2.45, 2.75) is 30.8 Å².